The molecule has 4 rings (SSSR count). The Morgan fingerprint density at radius 3 is 2.43 bits per heavy atom. The zero-order valence-corrected chi connectivity index (χ0v) is 16.3. The lowest BCUT2D eigenvalue weighted by molar-refractivity contribution is 0.128. The molecule has 1 saturated carbocycles. The van der Waals surface area contributed by atoms with Crippen LogP contribution in [0.2, 0.25) is 0 Å². The summed E-state index contributed by atoms with van der Waals surface area (Å²) in [7, 11) is 0. The van der Waals surface area contributed by atoms with Crippen LogP contribution in [0.4, 0.5) is 8.78 Å². The van der Waals surface area contributed by atoms with Crippen LogP contribution in [0.25, 0.3) is 0 Å². The molecule has 3 nitrogen and oxygen atoms in total. The van der Waals surface area contributed by atoms with Gasteiger partial charge in [-0.25, -0.2) is 8.78 Å². The van der Waals surface area contributed by atoms with Gasteiger partial charge in [-0.1, -0.05) is 32.0 Å². The average Bonchev–Trinajstić information content (AvgIpc) is 3.17. The molecule has 0 radical (unpaired) electrons. The van der Waals surface area contributed by atoms with E-state index in [1.54, 1.807) is 12.1 Å². The van der Waals surface area contributed by atoms with Gasteiger partial charge in [0.2, 0.25) is 0 Å². The Morgan fingerprint density at radius 2 is 1.79 bits per heavy atom. The fourth-order valence-electron chi connectivity index (χ4n) is 4.97. The molecule has 1 N–H and O–H groups in total. The van der Waals surface area contributed by atoms with Crippen LogP contribution in [-0.4, -0.2) is 35.7 Å². The van der Waals surface area contributed by atoms with Crippen molar-refractivity contribution in [3.8, 4) is 11.5 Å². The van der Waals surface area contributed by atoms with Gasteiger partial charge in [-0.15, -0.1) is 0 Å². The van der Waals surface area contributed by atoms with Crippen molar-refractivity contribution in [2.75, 3.05) is 19.6 Å². The highest BCUT2D eigenvalue weighted by Gasteiger charge is 2.47. The molecular formula is C23H27F2NO2. The predicted molar refractivity (Wildman–Crippen MR) is 104 cm³/mol. The smallest absolute Gasteiger partial charge is 0.191 e. The zero-order valence-electron chi connectivity index (χ0n) is 16.3. The largest absolute Gasteiger partial charge is 0.508 e. The number of phenols is 1. The lowest BCUT2D eigenvalue weighted by Gasteiger charge is -2.26. The summed E-state index contributed by atoms with van der Waals surface area (Å²) in [5, 5.41) is 9.46. The minimum absolute atomic E-state index is 0.141. The molecule has 1 saturated heterocycles. The third kappa shape index (κ3) is 3.72. The van der Waals surface area contributed by atoms with Crippen molar-refractivity contribution in [2.45, 2.75) is 32.3 Å². The maximum absolute atomic E-state index is 13.9. The van der Waals surface area contributed by atoms with Crippen molar-refractivity contribution < 1.29 is 18.6 Å². The highest BCUT2D eigenvalue weighted by Crippen LogP contribution is 2.44. The van der Waals surface area contributed by atoms with Gasteiger partial charge in [-0.3, -0.25) is 0 Å². The molecule has 4 unspecified atom stereocenters. The monoisotopic (exact) mass is 387 g/mol. The second-order valence-corrected chi connectivity index (χ2v) is 8.44. The second kappa shape index (κ2) is 7.70. The van der Waals surface area contributed by atoms with Gasteiger partial charge in [0.1, 0.15) is 11.9 Å². The third-order valence-corrected chi connectivity index (χ3v) is 6.55. The van der Waals surface area contributed by atoms with Crippen LogP contribution in [0.5, 0.6) is 11.5 Å². The fourth-order valence-corrected chi connectivity index (χ4v) is 4.97. The van der Waals surface area contributed by atoms with E-state index >= 15 is 0 Å². The molecule has 1 aliphatic carbocycles. The van der Waals surface area contributed by atoms with E-state index in [0.717, 1.165) is 26.1 Å². The first-order valence-corrected chi connectivity index (χ1v) is 10.0. The summed E-state index contributed by atoms with van der Waals surface area (Å²) in [5.41, 5.74) is 1.22. The van der Waals surface area contributed by atoms with E-state index < -0.39 is 11.6 Å². The van der Waals surface area contributed by atoms with Crippen LogP contribution in [-0.2, 0) is 0 Å². The van der Waals surface area contributed by atoms with E-state index in [1.165, 1.54) is 23.8 Å². The number of halogens is 2. The summed E-state index contributed by atoms with van der Waals surface area (Å²) in [4.78, 5) is 2.49. The van der Waals surface area contributed by atoms with E-state index in [9.17, 15) is 13.9 Å². The fraction of sp³-hybridized carbons (Fsp3) is 0.478. The first-order valence-electron chi connectivity index (χ1n) is 10.0. The van der Waals surface area contributed by atoms with Gasteiger partial charge in [0, 0.05) is 19.6 Å². The summed E-state index contributed by atoms with van der Waals surface area (Å²) in [5.74, 6) is 0.429. The van der Waals surface area contributed by atoms with Crippen molar-refractivity contribution in [2.24, 2.45) is 17.8 Å². The van der Waals surface area contributed by atoms with Crippen molar-refractivity contribution >= 4 is 0 Å². The number of benzene rings is 2. The number of hydrogen-bond donors (Lipinski definition) is 1. The SMILES string of the molecule is CC(CN1CC2C[C@H](Oc3c(F)cccc3F)C(C)C2C1)c1ccc(O)cc1. The normalized spacial score (nSPS) is 28.3. The number of likely N-dealkylation sites (tertiary alicyclic amines) is 1. The van der Waals surface area contributed by atoms with Crippen LogP contribution in [0.3, 0.4) is 0 Å². The van der Waals surface area contributed by atoms with Crippen molar-refractivity contribution in [3.63, 3.8) is 0 Å². The Kier molecular flexibility index (Phi) is 5.28. The molecule has 0 aromatic heterocycles. The molecule has 0 spiro atoms. The van der Waals surface area contributed by atoms with E-state index in [0.29, 0.717) is 17.8 Å². The minimum atomic E-state index is -0.631. The molecule has 1 aliphatic heterocycles. The zero-order chi connectivity index (χ0) is 19.8. The molecular weight excluding hydrogens is 360 g/mol. The van der Waals surface area contributed by atoms with Crippen LogP contribution in [0.1, 0.15) is 31.7 Å². The topological polar surface area (TPSA) is 32.7 Å². The van der Waals surface area contributed by atoms with Gasteiger partial charge >= 0.3 is 0 Å². The van der Waals surface area contributed by atoms with Gasteiger partial charge < -0.3 is 14.7 Å². The highest BCUT2D eigenvalue weighted by molar-refractivity contribution is 5.28. The molecule has 2 fully saturated rings. The number of nitrogens with zero attached hydrogens (tertiary/aromatic N) is 1. The van der Waals surface area contributed by atoms with Crippen molar-refractivity contribution in [1.29, 1.82) is 0 Å². The summed E-state index contributed by atoms with van der Waals surface area (Å²) in [6, 6.07) is 11.3. The van der Waals surface area contributed by atoms with E-state index in [-0.39, 0.29) is 23.5 Å². The van der Waals surface area contributed by atoms with E-state index in [1.807, 2.05) is 12.1 Å². The molecule has 5 atom stereocenters. The molecule has 0 bridgehead atoms. The maximum Gasteiger partial charge on any atom is 0.191 e. The molecule has 2 aromatic rings. The van der Waals surface area contributed by atoms with Gasteiger partial charge in [-0.2, -0.15) is 0 Å². The van der Waals surface area contributed by atoms with Crippen LogP contribution < -0.4 is 4.74 Å². The first kappa shape index (κ1) is 19.2. The van der Waals surface area contributed by atoms with Crippen LogP contribution in [0.15, 0.2) is 42.5 Å². The average molecular weight is 387 g/mol. The molecule has 1 heterocycles. The Hall–Kier alpha value is -2.14. The highest BCUT2D eigenvalue weighted by atomic mass is 19.1. The number of rotatable bonds is 5. The van der Waals surface area contributed by atoms with Crippen molar-refractivity contribution in [1.82, 2.24) is 4.90 Å². The van der Waals surface area contributed by atoms with Crippen LogP contribution in [0, 0.1) is 29.4 Å². The van der Waals surface area contributed by atoms with Crippen molar-refractivity contribution in [3.05, 3.63) is 59.7 Å². The lowest BCUT2D eigenvalue weighted by Crippen LogP contribution is -2.31. The summed E-state index contributed by atoms with van der Waals surface area (Å²) in [6.45, 7) is 7.31. The number of fused-ring (bicyclic) bond motifs is 1. The third-order valence-electron chi connectivity index (χ3n) is 6.55. The predicted octanol–water partition coefficient (Wildman–Crippen LogP) is 4.81. The Bertz CT molecular complexity index is 806. The molecule has 0 amide bonds. The number of aromatic hydroxyl groups is 1. The van der Waals surface area contributed by atoms with Gasteiger partial charge in [0.25, 0.3) is 0 Å². The molecule has 150 valence electrons. The molecule has 2 aliphatic rings. The summed E-state index contributed by atoms with van der Waals surface area (Å²) in [6.07, 6.45) is 0.696. The Morgan fingerprint density at radius 1 is 1.11 bits per heavy atom. The number of para-hydroxylation sites is 1. The standard InChI is InChI=1S/C23H27F2NO2/c1-14(16-6-8-18(27)9-7-16)11-26-12-17-10-22(15(2)19(17)13-26)28-23-20(24)4-3-5-21(23)25/h3-9,14-15,17,19,22,27H,10-13H2,1-2H3/t14?,15?,17?,19?,22-/m0/s1. The van der Waals surface area contributed by atoms with Gasteiger partial charge in [0.15, 0.2) is 17.4 Å². The summed E-state index contributed by atoms with van der Waals surface area (Å²) >= 11 is 0. The number of hydrogen-bond acceptors (Lipinski definition) is 3. The maximum atomic E-state index is 13.9. The van der Waals surface area contributed by atoms with Crippen LogP contribution >= 0.6 is 0 Å². The molecule has 5 heteroatoms. The minimum Gasteiger partial charge on any atom is -0.508 e. The van der Waals surface area contributed by atoms with E-state index in [2.05, 4.69) is 18.7 Å². The van der Waals surface area contributed by atoms with Gasteiger partial charge in [-0.05, 0) is 59.9 Å². The number of phenolic OH excluding ortho intramolecular Hbond substituents is 1. The summed E-state index contributed by atoms with van der Waals surface area (Å²) < 4.78 is 33.6. The van der Waals surface area contributed by atoms with Gasteiger partial charge in [0.05, 0.1) is 0 Å². The number of ether oxygens (including phenoxy) is 1. The van der Waals surface area contributed by atoms with E-state index in [4.69, 9.17) is 4.74 Å². The second-order valence-electron chi connectivity index (χ2n) is 8.44. The molecule has 28 heavy (non-hydrogen) atoms. The quantitative estimate of drug-likeness (QED) is 0.799. The molecule has 2 aromatic carbocycles. The Balaban J connectivity index is 1.36. The first-order chi connectivity index (χ1) is 13.4. The lowest BCUT2D eigenvalue weighted by atomic mass is 9.93. The Labute approximate surface area is 164 Å².